The van der Waals surface area contributed by atoms with Crippen LogP contribution in [0.4, 0.5) is 5.13 Å². The van der Waals surface area contributed by atoms with E-state index in [0.29, 0.717) is 5.88 Å². The predicted molar refractivity (Wildman–Crippen MR) is 76.9 cm³/mol. The molecular weight excluding hydrogens is 262 g/mol. The first-order valence-electron chi connectivity index (χ1n) is 6.02. The van der Waals surface area contributed by atoms with Gasteiger partial charge in [0, 0.05) is 38.4 Å². The van der Waals surface area contributed by atoms with Gasteiger partial charge in [0.05, 0.1) is 18.2 Å². The summed E-state index contributed by atoms with van der Waals surface area (Å²) >= 11 is 1.64. The molecule has 0 aliphatic heterocycles. The van der Waals surface area contributed by atoms with Crippen LogP contribution >= 0.6 is 11.3 Å². The van der Waals surface area contributed by atoms with Gasteiger partial charge in [-0.2, -0.15) is 10.1 Å². The van der Waals surface area contributed by atoms with Gasteiger partial charge < -0.3 is 15.0 Å². The molecule has 0 aliphatic carbocycles. The summed E-state index contributed by atoms with van der Waals surface area (Å²) in [5, 5.41) is 11.3. The Morgan fingerprint density at radius 2 is 2.21 bits per heavy atom. The second kappa shape index (κ2) is 6.03. The maximum absolute atomic E-state index is 5.30. The number of aromatic nitrogens is 3. The Balaban J connectivity index is 1.97. The van der Waals surface area contributed by atoms with Crippen LogP contribution in [0.25, 0.3) is 0 Å². The normalized spacial score (nSPS) is 10.7. The third-order valence-electron chi connectivity index (χ3n) is 2.76. The van der Waals surface area contributed by atoms with Gasteiger partial charge in [-0.15, -0.1) is 0 Å². The van der Waals surface area contributed by atoms with Gasteiger partial charge in [-0.1, -0.05) is 11.3 Å². The molecule has 0 atom stereocenters. The van der Waals surface area contributed by atoms with E-state index in [1.165, 1.54) is 5.56 Å². The number of methoxy groups -OCH3 is 1. The Morgan fingerprint density at radius 1 is 1.42 bits per heavy atom. The molecule has 2 aromatic heterocycles. The lowest BCUT2D eigenvalue weighted by molar-refractivity contribution is 0.394. The number of hydrogen-bond acceptors (Lipinski definition) is 6. The first-order valence-corrected chi connectivity index (χ1v) is 6.84. The van der Waals surface area contributed by atoms with Crippen molar-refractivity contribution in [3.05, 3.63) is 22.3 Å². The van der Waals surface area contributed by atoms with Gasteiger partial charge in [0.1, 0.15) is 0 Å². The second-order valence-electron chi connectivity index (χ2n) is 4.45. The van der Waals surface area contributed by atoms with Gasteiger partial charge in [-0.25, -0.2) is 0 Å². The highest BCUT2D eigenvalue weighted by Gasteiger charge is 2.12. The standard InChI is InChI=1S/C12H19N5OS/c1-8-9(6-14-16-8)5-13-7-10-11(18-4)15-12(19-10)17(2)3/h6,13H,5,7H2,1-4H3,(H,14,16). The Bertz CT molecular complexity index is 534. The van der Waals surface area contributed by atoms with Gasteiger partial charge in [0.15, 0.2) is 5.13 Å². The maximum Gasteiger partial charge on any atom is 0.230 e. The molecule has 0 radical (unpaired) electrons. The fraction of sp³-hybridized carbons (Fsp3) is 0.500. The number of nitrogens with zero attached hydrogens (tertiary/aromatic N) is 3. The molecule has 0 spiro atoms. The third kappa shape index (κ3) is 3.24. The van der Waals surface area contributed by atoms with Crippen LogP contribution in [0.2, 0.25) is 0 Å². The molecule has 0 bridgehead atoms. The maximum atomic E-state index is 5.30. The zero-order valence-corrected chi connectivity index (χ0v) is 12.5. The van der Waals surface area contributed by atoms with E-state index in [9.17, 15) is 0 Å². The summed E-state index contributed by atoms with van der Waals surface area (Å²) in [6.07, 6.45) is 1.84. The number of H-pyrrole nitrogens is 1. The van der Waals surface area contributed by atoms with E-state index in [1.807, 2.05) is 32.1 Å². The summed E-state index contributed by atoms with van der Waals surface area (Å²) < 4.78 is 5.30. The van der Waals surface area contributed by atoms with Gasteiger partial charge in [-0.05, 0) is 6.92 Å². The average molecular weight is 281 g/mol. The molecule has 0 fully saturated rings. The van der Waals surface area contributed by atoms with Crippen molar-refractivity contribution in [3.63, 3.8) is 0 Å². The SMILES string of the molecule is COc1nc(N(C)C)sc1CNCc1cn[nH]c1C. The highest BCUT2D eigenvalue weighted by Crippen LogP contribution is 2.30. The molecule has 104 valence electrons. The highest BCUT2D eigenvalue weighted by atomic mass is 32.1. The molecule has 0 aliphatic rings. The fourth-order valence-corrected chi connectivity index (χ4v) is 2.57. The minimum atomic E-state index is 0.699. The molecule has 2 rings (SSSR count). The van der Waals surface area contributed by atoms with Crippen LogP contribution in [-0.2, 0) is 13.1 Å². The van der Waals surface area contributed by atoms with Crippen molar-refractivity contribution >= 4 is 16.5 Å². The molecule has 19 heavy (non-hydrogen) atoms. The summed E-state index contributed by atoms with van der Waals surface area (Å²) in [5.74, 6) is 0.699. The molecule has 2 heterocycles. The van der Waals surface area contributed by atoms with Crippen LogP contribution in [0, 0.1) is 6.92 Å². The predicted octanol–water partition coefficient (Wildman–Crippen LogP) is 1.54. The number of rotatable bonds is 6. The van der Waals surface area contributed by atoms with E-state index in [1.54, 1.807) is 18.4 Å². The summed E-state index contributed by atoms with van der Waals surface area (Å²) in [6.45, 7) is 3.53. The minimum absolute atomic E-state index is 0.699. The molecule has 6 nitrogen and oxygen atoms in total. The molecule has 0 aromatic carbocycles. The van der Waals surface area contributed by atoms with Crippen molar-refractivity contribution < 1.29 is 4.74 Å². The van der Waals surface area contributed by atoms with E-state index < -0.39 is 0 Å². The lowest BCUT2D eigenvalue weighted by Crippen LogP contribution is -2.12. The molecule has 0 amide bonds. The summed E-state index contributed by atoms with van der Waals surface area (Å²) in [4.78, 5) is 7.51. The van der Waals surface area contributed by atoms with E-state index in [4.69, 9.17) is 4.74 Å². The second-order valence-corrected chi connectivity index (χ2v) is 5.51. The van der Waals surface area contributed by atoms with Crippen LogP contribution < -0.4 is 15.0 Å². The number of aryl methyl sites for hydroxylation is 1. The number of thiazole rings is 1. The van der Waals surface area contributed by atoms with Crippen molar-refractivity contribution in [2.24, 2.45) is 0 Å². The third-order valence-corrected chi connectivity index (χ3v) is 3.97. The Kier molecular flexibility index (Phi) is 4.39. The largest absolute Gasteiger partial charge is 0.480 e. The Hall–Kier alpha value is -1.60. The first kappa shape index (κ1) is 13.8. The van der Waals surface area contributed by atoms with Gasteiger partial charge in [-0.3, -0.25) is 5.10 Å². The number of nitrogens with one attached hydrogen (secondary N) is 2. The number of ether oxygens (including phenoxy) is 1. The van der Waals surface area contributed by atoms with Gasteiger partial charge in [0.2, 0.25) is 5.88 Å². The van der Waals surface area contributed by atoms with E-state index in [-0.39, 0.29) is 0 Å². The summed E-state index contributed by atoms with van der Waals surface area (Å²) in [5.41, 5.74) is 2.27. The Morgan fingerprint density at radius 3 is 2.79 bits per heavy atom. The smallest absolute Gasteiger partial charge is 0.230 e. The van der Waals surface area contributed by atoms with Crippen LogP contribution in [0.5, 0.6) is 5.88 Å². The lowest BCUT2D eigenvalue weighted by atomic mass is 10.2. The van der Waals surface area contributed by atoms with Crippen molar-refractivity contribution in [3.8, 4) is 5.88 Å². The molecule has 0 saturated carbocycles. The zero-order chi connectivity index (χ0) is 13.8. The zero-order valence-electron chi connectivity index (χ0n) is 11.6. The molecule has 0 saturated heterocycles. The van der Waals surface area contributed by atoms with Gasteiger partial charge in [0.25, 0.3) is 0 Å². The molecule has 0 unspecified atom stereocenters. The number of aromatic amines is 1. The molecule has 2 N–H and O–H groups in total. The van der Waals surface area contributed by atoms with Crippen LogP contribution in [0.3, 0.4) is 0 Å². The Labute approximate surface area is 116 Å². The van der Waals surface area contributed by atoms with E-state index in [2.05, 4.69) is 20.5 Å². The van der Waals surface area contributed by atoms with Gasteiger partial charge >= 0.3 is 0 Å². The number of hydrogen-bond donors (Lipinski definition) is 2. The van der Waals surface area contributed by atoms with Crippen LogP contribution in [-0.4, -0.2) is 36.4 Å². The topological polar surface area (TPSA) is 66.1 Å². The molecular formula is C12H19N5OS. The van der Waals surface area contributed by atoms with Crippen molar-refractivity contribution in [1.29, 1.82) is 0 Å². The summed E-state index contributed by atoms with van der Waals surface area (Å²) in [7, 11) is 5.60. The minimum Gasteiger partial charge on any atom is -0.480 e. The molecule has 2 aromatic rings. The highest BCUT2D eigenvalue weighted by molar-refractivity contribution is 7.15. The van der Waals surface area contributed by atoms with Crippen molar-refractivity contribution in [2.45, 2.75) is 20.0 Å². The number of anilines is 1. The monoisotopic (exact) mass is 281 g/mol. The van der Waals surface area contributed by atoms with E-state index >= 15 is 0 Å². The first-order chi connectivity index (χ1) is 9.11. The molecule has 7 heteroatoms. The van der Waals surface area contributed by atoms with E-state index in [0.717, 1.165) is 28.8 Å². The fourth-order valence-electron chi connectivity index (χ4n) is 1.65. The van der Waals surface area contributed by atoms with Crippen LogP contribution in [0.15, 0.2) is 6.20 Å². The van der Waals surface area contributed by atoms with Crippen LogP contribution in [0.1, 0.15) is 16.1 Å². The van der Waals surface area contributed by atoms with Crippen molar-refractivity contribution in [1.82, 2.24) is 20.5 Å². The average Bonchev–Trinajstić information content (AvgIpc) is 2.96. The summed E-state index contributed by atoms with van der Waals surface area (Å²) in [6, 6.07) is 0. The lowest BCUT2D eigenvalue weighted by Gasteiger charge is -2.05. The van der Waals surface area contributed by atoms with Crippen molar-refractivity contribution in [2.75, 3.05) is 26.1 Å². The quantitative estimate of drug-likeness (QED) is 0.841.